The summed E-state index contributed by atoms with van der Waals surface area (Å²) >= 11 is 11.2. The smallest absolute Gasteiger partial charge is 0.191 e. The maximum absolute atomic E-state index is 11.4. The van der Waals surface area contributed by atoms with Gasteiger partial charge >= 0.3 is 0 Å². The minimum absolute atomic E-state index is 0.0310. The van der Waals surface area contributed by atoms with Crippen LogP contribution >= 0.6 is 23.2 Å². The van der Waals surface area contributed by atoms with Gasteiger partial charge < -0.3 is 0 Å². The number of benzene rings is 1. The predicted octanol–water partition coefficient (Wildman–Crippen LogP) is 2.29. The minimum Gasteiger partial charge on any atom is -0.223 e. The largest absolute Gasteiger partial charge is 0.223 e. The second-order valence-electron chi connectivity index (χ2n) is 2.52. The zero-order chi connectivity index (χ0) is 10.8. The number of hydrogen-bond acceptors (Lipinski definition) is 3. The Morgan fingerprint density at radius 3 is 2.14 bits per heavy atom. The van der Waals surface area contributed by atoms with Crippen LogP contribution in [0.3, 0.4) is 0 Å². The van der Waals surface area contributed by atoms with Gasteiger partial charge in [0.2, 0.25) is 0 Å². The lowest BCUT2D eigenvalue weighted by Crippen LogP contribution is -2.04. The number of halogens is 2. The van der Waals surface area contributed by atoms with E-state index in [0.29, 0.717) is 0 Å². The summed E-state index contributed by atoms with van der Waals surface area (Å²) in [6.45, 7) is 0. The van der Waals surface area contributed by atoms with E-state index in [1.165, 1.54) is 18.2 Å². The van der Waals surface area contributed by atoms with Gasteiger partial charge in [0.25, 0.3) is 0 Å². The van der Waals surface area contributed by atoms with E-state index in [9.17, 15) is 8.42 Å². The molecule has 0 aliphatic heterocycles. The van der Waals surface area contributed by atoms with Crippen LogP contribution in [0, 0.1) is 11.3 Å². The van der Waals surface area contributed by atoms with Crippen molar-refractivity contribution in [2.75, 3.05) is 5.75 Å². The van der Waals surface area contributed by atoms with Crippen LogP contribution in [0.5, 0.6) is 0 Å². The normalized spacial score (nSPS) is 10.9. The highest BCUT2D eigenvalue weighted by Gasteiger charge is 2.14. The van der Waals surface area contributed by atoms with E-state index in [1.54, 1.807) is 6.07 Å². The van der Waals surface area contributed by atoms with Crippen LogP contribution < -0.4 is 0 Å². The fourth-order valence-corrected chi connectivity index (χ4v) is 2.48. The molecule has 3 nitrogen and oxygen atoms in total. The molecule has 0 fully saturated rings. The first-order valence-corrected chi connectivity index (χ1v) is 5.92. The first kappa shape index (κ1) is 11.3. The molecule has 0 aliphatic carbocycles. The molecule has 0 bridgehead atoms. The number of rotatable bonds is 2. The van der Waals surface area contributed by atoms with Crippen LogP contribution in [-0.2, 0) is 9.84 Å². The Kier molecular flexibility index (Phi) is 3.38. The molecule has 74 valence electrons. The van der Waals surface area contributed by atoms with Crippen molar-refractivity contribution in [2.45, 2.75) is 4.90 Å². The molecule has 0 atom stereocenters. The summed E-state index contributed by atoms with van der Waals surface area (Å²) in [5.74, 6) is -0.580. The lowest BCUT2D eigenvalue weighted by molar-refractivity contribution is 0.599. The highest BCUT2D eigenvalue weighted by Crippen LogP contribution is 2.22. The third kappa shape index (κ3) is 2.61. The molecule has 14 heavy (non-hydrogen) atoms. The molecular weight excluding hydrogens is 245 g/mol. The lowest BCUT2D eigenvalue weighted by atomic mass is 10.4. The zero-order valence-electron chi connectivity index (χ0n) is 6.87. The van der Waals surface area contributed by atoms with E-state index in [-0.39, 0.29) is 14.9 Å². The minimum atomic E-state index is -3.59. The Morgan fingerprint density at radius 2 is 1.71 bits per heavy atom. The first-order valence-electron chi connectivity index (χ1n) is 3.51. The van der Waals surface area contributed by atoms with Gasteiger partial charge in [-0.25, -0.2) is 8.42 Å². The molecule has 0 aromatic heterocycles. The van der Waals surface area contributed by atoms with Gasteiger partial charge in [-0.05, 0) is 18.2 Å². The second-order valence-corrected chi connectivity index (χ2v) is 5.38. The average molecular weight is 250 g/mol. The summed E-state index contributed by atoms with van der Waals surface area (Å²) < 4.78 is 22.8. The summed E-state index contributed by atoms with van der Waals surface area (Å²) in [5.41, 5.74) is 0. The summed E-state index contributed by atoms with van der Waals surface area (Å²) in [6.07, 6.45) is 0. The number of nitriles is 1. The Hall–Kier alpha value is -0.760. The van der Waals surface area contributed by atoms with Crippen LogP contribution in [0.1, 0.15) is 0 Å². The molecule has 0 heterocycles. The van der Waals surface area contributed by atoms with Crippen molar-refractivity contribution in [1.29, 1.82) is 5.26 Å². The fourth-order valence-electron chi connectivity index (χ4n) is 0.876. The van der Waals surface area contributed by atoms with Crippen molar-refractivity contribution < 1.29 is 8.42 Å². The Balaban J connectivity index is 3.28. The van der Waals surface area contributed by atoms with Gasteiger partial charge in [-0.3, -0.25) is 0 Å². The lowest BCUT2D eigenvalue weighted by Gasteiger charge is -2.01. The van der Waals surface area contributed by atoms with E-state index in [4.69, 9.17) is 28.5 Å². The van der Waals surface area contributed by atoms with Gasteiger partial charge in [-0.2, -0.15) is 5.26 Å². The van der Waals surface area contributed by atoms with Gasteiger partial charge in [0.15, 0.2) is 9.84 Å². The summed E-state index contributed by atoms with van der Waals surface area (Å²) in [4.78, 5) is -0.0310. The summed E-state index contributed by atoms with van der Waals surface area (Å²) in [7, 11) is -3.59. The molecule has 0 aliphatic rings. The molecule has 6 heteroatoms. The molecule has 0 N–H and O–H groups in total. The van der Waals surface area contributed by atoms with Crippen molar-refractivity contribution in [3.8, 4) is 6.07 Å². The number of sulfone groups is 1. The molecule has 0 unspecified atom stereocenters. The molecular formula is C8H5Cl2NO2S. The SMILES string of the molecule is N#CCS(=O)(=O)c1cc(Cl)cc(Cl)c1. The molecule has 0 spiro atoms. The van der Waals surface area contributed by atoms with Crippen LogP contribution in [-0.4, -0.2) is 14.2 Å². The quantitative estimate of drug-likeness (QED) is 0.809. The van der Waals surface area contributed by atoms with Crippen molar-refractivity contribution in [2.24, 2.45) is 0 Å². The summed E-state index contributed by atoms with van der Waals surface area (Å²) in [5, 5.41) is 8.77. The van der Waals surface area contributed by atoms with Crippen molar-refractivity contribution >= 4 is 33.0 Å². The highest BCUT2D eigenvalue weighted by molar-refractivity contribution is 7.91. The molecule has 0 amide bonds. The number of hydrogen-bond donors (Lipinski definition) is 0. The van der Waals surface area contributed by atoms with Gasteiger partial charge in [0.05, 0.1) is 11.0 Å². The van der Waals surface area contributed by atoms with Gasteiger partial charge in [-0.15, -0.1) is 0 Å². The van der Waals surface area contributed by atoms with Crippen LogP contribution in [0.4, 0.5) is 0 Å². The monoisotopic (exact) mass is 249 g/mol. The molecule has 1 aromatic carbocycles. The maximum atomic E-state index is 11.4. The van der Waals surface area contributed by atoms with Gasteiger partial charge in [-0.1, -0.05) is 23.2 Å². The van der Waals surface area contributed by atoms with Crippen LogP contribution in [0.25, 0.3) is 0 Å². The van der Waals surface area contributed by atoms with Crippen LogP contribution in [0.2, 0.25) is 10.0 Å². The van der Waals surface area contributed by atoms with Crippen molar-refractivity contribution in [3.05, 3.63) is 28.2 Å². The molecule has 0 saturated carbocycles. The van der Waals surface area contributed by atoms with Crippen LogP contribution in [0.15, 0.2) is 23.1 Å². The van der Waals surface area contributed by atoms with E-state index in [1.807, 2.05) is 0 Å². The van der Waals surface area contributed by atoms with E-state index >= 15 is 0 Å². The molecule has 0 radical (unpaired) electrons. The Labute approximate surface area is 91.8 Å². The maximum Gasteiger partial charge on any atom is 0.191 e. The standard InChI is InChI=1S/C8H5Cl2NO2S/c9-6-3-7(10)5-8(4-6)14(12,13)2-1-11/h3-5H,2H2. The first-order chi connectivity index (χ1) is 6.45. The molecule has 1 aromatic rings. The third-order valence-electron chi connectivity index (χ3n) is 1.45. The van der Waals surface area contributed by atoms with Gasteiger partial charge in [0.1, 0.15) is 5.75 Å². The van der Waals surface area contributed by atoms with Crippen molar-refractivity contribution in [3.63, 3.8) is 0 Å². The number of nitrogens with zero attached hydrogens (tertiary/aromatic N) is 1. The van der Waals surface area contributed by atoms with E-state index < -0.39 is 15.6 Å². The topological polar surface area (TPSA) is 57.9 Å². The molecule has 1 rings (SSSR count). The van der Waals surface area contributed by atoms with Crippen molar-refractivity contribution in [1.82, 2.24) is 0 Å². The zero-order valence-corrected chi connectivity index (χ0v) is 9.20. The Morgan fingerprint density at radius 1 is 1.21 bits per heavy atom. The summed E-state index contributed by atoms with van der Waals surface area (Å²) in [6, 6.07) is 5.52. The average Bonchev–Trinajstić information content (AvgIpc) is 2.02. The van der Waals surface area contributed by atoms with E-state index in [0.717, 1.165) is 0 Å². The van der Waals surface area contributed by atoms with E-state index in [2.05, 4.69) is 0 Å². The van der Waals surface area contributed by atoms with Gasteiger partial charge in [0, 0.05) is 10.0 Å². The fraction of sp³-hybridized carbons (Fsp3) is 0.125. The second kappa shape index (κ2) is 4.18. The highest BCUT2D eigenvalue weighted by atomic mass is 35.5. The third-order valence-corrected chi connectivity index (χ3v) is 3.35. The Bertz CT molecular complexity index is 470. The predicted molar refractivity (Wildman–Crippen MR) is 54.1 cm³/mol. The molecule has 0 saturated heterocycles.